The second-order valence-corrected chi connectivity index (χ2v) is 2.09. The fraction of sp³-hybridized carbons (Fsp3) is 0. The van der Waals surface area contributed by atoms with Crippen molar-refractivity contribution < 1.29 is 4.79 Å². The van der Waals surface area contributed by atoms with E-state index >= 15 is 0 Å². The molecule has 0 spiro atoms. The summed E-state index contributed by atoms with van der Waals surface area (Å²) in [5.41, 5.74) is 0.570. The van der Waals surface area contributed by atoms with E-state index in [1.165, 1.54) is 0 Å². The molecule has 0 N–H and O–H groups in total. The van der Waals surface area contributed by atoms with Gasteiger partial charge >= 0.3 is 0 Å². The predicted octanol–water partition coefficient (Wildman–Crippen LogP) is 1.51. The van der Waals surface area contributed by atoms with Gasteiger partial charge in [0.2, 0.25) is 5.78 Å². The predicted molar refractivity (Wildman–Crippen MR) is 47.4 cm³/mol. The molecule has 1 heteroatoms. The van der Waals surface area contributed by atoms with Crippen LogP contribution in [0.25, 0.3) is 0 Å². The third-order valence-corrected chi connectivity index (χ3v) is 1.28. The highest BCUT2D eigenvalue weighted by Gasteiger charge is 1.97. The second-order valence-electron chi connectivity index (χ2n) is 2.09. The molecular formula is C11H6O. The smallest absolute Gasteiger partial charge is 0.236 e. The number of hydrogen-bond acceptors (Lipinski definition) is 1. The molecular weight excluding hydrogens is 148 g/mol. The first-order valence-electron chi connectivity index (χ1n) is 3.40. The first-order chi connectivity index (χ1) is 5.84. The van der Waals surface area contributed by atoms with Gasteiger partial charge in [-0.1, -0.05) is 30.3 Å². The van der Waals surface area contributed by atoms with Crippen molar-refractivity contribution in [2.75, 3.05) is 0 Å². The quantitative estimate of drug-likeness (QED) is 0.340. The van der Waals surface area contributed by atoms with Crippen molar-refractivity contribution in [3.8, 4) is 24.2 Å². The summed E-state index contributed by atoms with van der Waals surface area (Å²) in [6.45, 7) is 0. The third-order valence-electron chi connectivity index (χ3n) is 1.28. The highest BCUT2D eigenvalue weighted by molar-refractivity contribution is 6.09. The molecule has 0 saturated carbocycles. The molecule has 0 aromatic heterocycles. The molecule has 56 valence electrons. The van der Waals surface area contributed by atoms with Gasteiger partial charge in [-0.05, 0) is 17.8 Å². The van der Waals surface area contributed by atoms with Gasteiger partial charge in [0.15, 0.2) is 0 Å². The number of hydrogen-bond donors (Lipinski definition) is 0. The van der Waals surface area contributed by atoms with Crippen molar-refractivity contribution in [2.24, 2.45) is 0 Å². The topological polar surface area (TPSA) is 17.1 Å². The van der Waals surface area contributed by atoms with Crippen molar-refractivity contribution in [3.05, 3.63) is 35.9 Å². The van der Waals surface area contributed by atoms with Crippen LogP contribution in [-0.2, 0) is 0 Å². The van der Waals surface area contributed by atoms with Crippen LogP contribution < -0.4 is 0 Å². The van der Waals surface area contributed by atoms with Crippen LogP contribution in [0.3, 0.4) is 0 Å². The number of benzene rings is 1. The van der Waals surface area contributed by atoms with Gasteiger partial charge in [0.1, 0.15) is 0 Å². The van der Waals surface area contributed by atoms with Gasteiger partial charge in [-0.2, -0.15) is 0 Å². The summed E-state index contributed by atoms with van der Waals surface area (Å²) in [5, 5.41) is 0. The van der Waals surface area contributed by atoms with Gasteiger partial charge in [0.25, 0.3) is 0 Å². The Bertz CT molecular complexity index is 371. The number of rotatable bonds is 1. The third kappa shape index (κ3) is 2.01. The minimum Gasteiger partial charge on any atom is -0.279 e. The molecule has 0 fully saturated rings. The summed E-state index contributed by atoms with van der Waals surface area (Å²) in [4.78, 5) is 11.1. The number of Topliss-reactive ketones (excluding diaryl/α,β-unsaturated/α-hetero) is 1. The summed E-state index contributed by atoms with van der Waals surface area (Å²) in [7, 11) is 0. The van der Waals surface area contributed by atoms with E-state index in [0.717, 1.165) is 0 Å². The van der Waals surface area contributed by atoms with Crippen LogP contribution in [0.1, 0.15) is 10.4 Å². The van der Waals surface area contributed by atoms with Crippen molar-refractivity contribution in [1.29, 1.82) is 0 Å². The van der Waals surface area contributed by atoms with Crippen molar-refractivity contribution in [3.63, 3.8) is 0 Å². The molecule has 1 nitrogen and oxygen atoms in total. The minimum absolute atomic E-state index is 0.242. The van der Waals surface area contributed by atoms with Gasteiger partial charge in [-0.15, -0.1) is 6.42 Å². The molecule has 0 aliphatic carbocycles. The van der Waals surface area contributed by atoms with Gasteiger partial charge in [-0.25, -0.2) is 0 Å². The average molecular weight is 154 g/mol. The van der Waals surface area contributed by atoms with E-state index in [0.29, 0.717) is 5.56 Å². The monoisotopic (exact) mass is 154 g/mol. The van der Waals surface area contributed by atoms with Crippen LogP contribution in [0.5, 0.6) is 0 Å². The van der Waals surface area contributed by atoms with Gasteiger partial charge in [0.05, 0.1) is 0 Å². The lowest BCUT2D eigenvalue weighted by molar-refractivity contribution is 0.105. The Labute approximate surface area is 71.4 Å². The van der Waals surface area contributed by atoms with Crippen molar-refractivity contribution >= 4 is 5.78 Å². The lowest BCUT2D eigenvalue weighted by Gasteiger charge is -1.89. The zero-order valence-corrected chi connectivity index (χ0v) is 6.37. The van der Waals surface area contributed by atoms with Gasteiger partial charge in [-0.3, -0.25) is 4.79 Å². The normalized spacial score (nSPS) is 7.58. The molecule has 12 heavy (non-hydrogen) atoms. The Kier molecular flexibility index (Phi) is 2.71. The Hall–Kier alpha value is -1.99. The molecule has 0 atom stereocenters. The summed E-state index contributed by atoms with van der Waals surface area (Å²) < 4.78 is 0. The zero-order chi connectivity index (χ0) is 8.81. The highest BCUT2D eigenvalue weighted by Crippen LogP contribution is 1.98. The van der Waals surface area contributed by atoms with E-state index in [1.54, 1.807) is 24.3 Å². The molecule has 0 bridgehead atoms. The number of terminal acetylenes is 1. The van der Waals surface area contributed by atoms with Crippen molar-refractivity contribution in [1.82, 2.24) is 0 Å². The van der Waals surface area contributed by atoms with Crippen LogP contribution in [0.15, 0.2) is 30.3 Å². The highest BCUT2D eigenvalue weighted by atomic mass is 16.1. The first kappa shape index (κ1) is 8.11. The number of carbonyl (C=O) groups is 1. The molecule has 1 aromatic carbocycles. The Balaban J connectivity index is 2.88. The van der Waals surface area contributed by atoms with Gasteiger partial charge < -0.3 is 0 Å². The maximum atomic E-state index is 11.1. The molecule has 0 radical (unpaired) electrons. The number of carbonyl (C=O) groups excluding carboxylic acids is 1. The van der Waals surface area contributed by atoms with E-state index in [2.05, 4.69) is 17.8 Å². The standard InChI is InChI=1S/C11H6O/c1-2-3-9-11(12)10-7-5-4-6-8-10/h1,4-8H. The molecule has 0 aliphatic rings. The SMILES string of the molecule is C#CC#CC(=O)c1ccccc1. The molecule has 1 rings (SSSR count). The summed E-state index contributed by atoms with van der Waals surface area (Å²) in [5.74, 6) is 6.44. The second kappa shape index (κ2) is 4.01. The van der Waals surface area contributed by atoms with Crippen LogP contribution in [0, 0.1) is 24.2 Å². The van der Waals surface area contributed by atoms with Crippen molar-refractivity contribution in [2.45, 2.75) is 0 Å². The molecule has 0 saturated heterocycles. The first-order valence-corrected chi connectivity index (χ1v) is 3.40. The molecule has 0 heterocycles. The van der Waals surface area contributed by atoms with E-state index in [1.807, 2.05) is 6.07 Å². The average Bonchev–Trinajstić information content (AvgIpc) is 2.15. The molecule has 0 aliphatic heterocycles. The summed E-state index contributed by atoms with van der Waals surface area (Å²) >= 11 is 0. The summed E-state index contributed by atoms with van der Waals surface area (Å²) in [6, 6.07) is 8.81. The summed E-state index contributed by atoms with van der Waals surface area (Å²) in [6.07, 6.45) is 4.88. The van der Waals surface area contributed by atoms with Crippen LogP contribution in [0.4, 0.5) is 0 Å². The molecule has 0 unspecified atom stereocenters. The van der Waals surface area contributed by atoms with Gasteiger partial charge in [0, 0.05) is 5.56 Å². The van der Waals surface area contributed by atoms with E-state index in [-0.39, 0.29) is 5.78 Å². The van der Waals surface area contributed by atoms with Crippen LogP contribution >= 0.6 is 0 Å². The van der Waals surface area contributed by atoms with Crippen LogP contribution in [-0.4, -0.2) is 5.78 Å². The number of ketones is 1. The fourth-order valence-electron chi connectivity index (χ4n) is 0.755. The lowest BCUT2D eigenvalue weighted by atomic mass is 10.1. The maximum Gasteiger partial charge on any atom is 0.236 e. The molecule has 0 amide bonds. The Morgan fingerprint density at radius 3 is 2.50 bits per heavy atom. The molecule has 1 aromatic rings. The fourth-order valence-corrected chi connectivity index (χ4v) is 0.755. The van der Waals surface area contributed by atoms with E-state index in [9.17, 15) is 4.79 Å². The Morgan fingerprint density at radius 2 is 1.92 bits per heavy atom. The Morgan fingerprint density at radius 1 is 1.25 bits per heavy atom. The minimum atomic E-state index is -0.242. The van der Waals surface area contributed by atoms with E-state index in [4.69, 9.17) is 6.42 Å². The lowest BCUT2D eigenvalue weighted by Crippen LogP contribution is -1.92. The zero-order valence-electron chi connectivity index (χ0n) is 6.37. The van der Waals surface area contributed by atoms with Crippen LogP contribution in [0.2, 0.25) is 0 Å². The van der Waals surface area contributed by atoms with E-state index < -0.39 is 0 Å². The maximum absolute atomic E-state index is 11.1. The largest absolute Gasteiger partial charge is 0.279 e.